The number of benzene rings is 2. The van der Waals surface area contributed by atoms with Crippen LogP contribution in [0.25, 0.3) is 0 Å². The largest absolute Gasteiger partial charge is 0.490 e. The maximum Gasteiger partial charge on any atom is 0.208 e. The summed E-state index contributed by atoms with van der Waals surface area (Å²) in [5.74, 6) is 0.483. The second kappa shape index (κ2) is 11.5. The van der Waals surface area contributed by atoms with E-state index in [2.05, 4.69) is 25.5 Å². The van der Waals surface area contributed by atoms with Gasteiger partial charge in [-0.05, 0) is 36.1 Å². The smallest absolute Gasteiger partial charge is 0.208 e. The van der Waals surface area contributed by atoms with Crippen molar-refractivity contribution in [1.82, 2.24) is 4.72 Å². The van der Waals surface area contributed by atoms with Crippen molar-refractivity contribution in [3.8, 4) is 5.75 Å². The molecule has 8 heteroatoms. The van der Waals surface area contributed by atoms with Crippen molar-refractivity contribution >= 4 is 39.0 Å². The molecule has 0 amide bonds. The molecule has 0 aliphatic rings. The Morgan fingerprint density at radius 1 is 1.03 bits per heavy atom. The van der Waals surface area contributed by atoms with Crippen molar-refractivity contribution in [3.05, 3.63) is 63.1 Å². The summed E-state index contributed by atoms with van der Waals surface area (Å²) in [5.41, 5.74) is 2.16. The Labute approximate surface area is 201 Å². The summed E-state index contributed by atoms with van der Waals surface area (Å²) in [6.07, 6.45) is 3.77. The monoisotopic (exact) mass is 499 g/mol. The zero-order valence-corrected chi connectivity index (χ0v) is 21.3. The summed E-state index contributed by atoms with van der Waals surface area (Å²) < 4.78 is 30.3. The molecule has 1 N–H and O–H groups in total. The van der Waals surface area contributed by atoms with Gasteiger partial charge in [0.05, 0.1) is 22.9 Å². The van der Waals surface area contributed by atoms with E-state index >= 15 is 0 Å². The number of carbonyl (C=O) groups excluding carboxylic acids is 1. The second-order valence-electron chi connectivity index (χ2n) is 8.37. The highest BCUT2D eigenvalue weighted by Crippen LogP contribution is 2.40. The van der Waals surface area contributed by atoms with Crippen LogP contribution in [0, 0.1) is 0 Å². The van der Waals surface area contributed by atoms with E-state index in [4.69, 9.17) is 27.9 Å². The number of carbonyl (C=O) groups is 1. The lowest BCUT2D eigenvalue weighted by molar-refractivity contribution is 0.0980. The Hall–Kier alpha value is -1.60. The van der Waals surface area contributed by atoms with Crippen LogP contribution < -0.4 is 9.46 Å². The Morgan fingerprint density at radius 3 is 2.16 bits per heavy atom. The first kappa shape index (κ1) is 26.7. The average Bonchev–Trinajstić information content (AvgIpc) is 2.72. The maximum atomic E-state index is 12.4. The number of rotatable bonds is 12. The van der Waals surface area contributed by atoms with Gasteiger partial charge in [0.15, 0.2) is 11.5 Å². The summed E-state index contributed by atoms with van der Waals surface area (Å²) in [6.45, 7) is 7.04. The fraction of sp³-hybridized carbons (Fsp3) is 0.458. The molecule has 32 heavy (non-hydrogen) atoms. The lowest BCUT2D eigenvalue weighted by Crippen LogP contribution is -2.23. The first-order valence-corrected chi connectivity index (χ1v) is 13.3. The Bertz CT molecular complexity index is 1010. The van der Waals surface area contributed by atoms with Gasteiger partial charge in [-0.15, -0.1) is 0 Å². The maximum absolute atomic E-state index is 12.4. The first-order valence-electron chi connectivity index (χ1n) is 10.7. The topological polar surface area (TPSA) is 72.5 Å². The normalized spacial score (nSPS) is 12.1. The molecule has 2 aromatic carbocycles. The zero-order chi connectivity index (χ0) is 23.9. The SMILES string of the molecule is CCCCOc1c(Cl)cc(C(C)(C)c2ccc(C(=O)CCCNS(C)(=O)=O)cc2)cc1Cl. The fourth-order valence-electron chi connectivity index (χ4n) is 3.27. The van der Waals surface area contributed by atoms with Crippen LogP contribution in [0.5, 0.6) is 5.75 Å². The predicted octanol–water partition coefficient (Wildman–Crippen LogP) is 6.01. The molecule has 5 nitrogen and oxygen atoms in total. The zero-order valence-electron chi connectivity index (χ0n) is 19.0. The molecule has 0 radical (unpaired) electrons. The van der Waals surface area contributed by atoms with E-state index in [1.807, 2.05) is 24.3 Å². The summed E-state index contributed by atoms with van der Waals surface area (Å²) >= 11 is 12.9. The third kappa shape index (κ3) is 7.48. The summed E-state index contributed by atoms with van der Waals surface area (Å²) in [5, 5.41) is 0.956. The lowest BCUT2D eigenvalue weighted by Gasteiger charge is -2.27. The van der Waals surface area contributed by atoms with Crippen molar-refractivity contribution < 1.29 is 17.9 Å². The molecule has 0 saturated carbocycles. The molecule has 0 bridgehead atoms. The van der Waals surface area contributed by atoms with E-state index in [1.54, 1.807) is 12.1 Å². The molecule has 0 aliphatic heterocycles. The van der Waals surface area contributed by atoms with Crippen LogP contribution in [0.1, 0.15) is 67.9 Å². The number of ether oxygens (including phenoxy) is 1. The molecule has 0 heterocycles. The molecule has 0 unspecified atom stereocenters. The van der Waals surface area contributed by atoms with E-state index in [0.29, 0.717) is 34.4 Å². The molecule has 0 saturated heterocycles. The lowest BCUT2D eigenvalue weighted by atomic mass is 9.78. The molecule has 2 aromatic rings. The second-order valence-corrected chi connectivity index (χ2v) is 11.0. The van der Waals surface area contributed by atoms with Gasteiger partial charge in [0.2, 0.25) is 10.0 Å². The highest BCUT2D eigenvalue weighted by molar-refractivity contribution is 7.88. The van der Waals surface area contributed by atoms with Crippen molar-refractivity contribution in [2.24, 2.45) is 0 Å². The molecule has 0 aromatic heterocycles. The van der Waals surface area contributed by atoms with Crippen molar-refractivity contribution in [2.45, 2.75) is 51.9 Å². The third-order valence-electron chi connectivity index (χ3n) is 5.34. The number of Topliss-reactive ketones (excluding diaryl/α,β-unsaturated/α-hetero) is 1. The van der Waals surface area contributed by atoms with E-state index in [1.165, 1.54) is 0 Å². The van der Waals surface area contributed by atoms with E-state index in [-0.39, 0.29) is 18.7 Å². The van der Waals surface area contributed by atoms with Crippen LogP contribution in [0.3, 0.4) is 0 Å². The minimum absolute atomic E-state index is 0.0238. The minimum Gasteiger partial charge on any atom is -0.490 e. The number of hydrogen-bond acceptors (Lipinski definition) is 4. The number of sulfonamides is 1. The van der Waals surface area contributed by atoms with Crippen LogP contribution in [-0.4, -0.2) is 33.6 Å². The van der Waals surface area contributed by atoms with Gasteiger partial charge >= 0.3 is 0 Å². The number of nitrogens with one attached hydrogen (secondary N) is 1. The van der Waals surface area contributed by atoms with E-state index in [0.717, 1.165) is 30.2 Å². The molecule has 0 atom stereocenters. The highest BCUT2D eigenvalue weighted by atomic mass is 35.5. The van der Waals surface area contributed by atoms with Gasteiger partial charge in [-0.3, -0.25) is 4.79 Å². The van der Waals surface area contributed by atoms with Gasteiger partial charge in [0, 0.05) is 23.9 Å². The van der Waals surface area contributed by atoms with Crippen LogP contribution in [0.4, 0.5) is 0 Å². The molecular formula is C24H31Cl2NO4S. The fourth-order valence-corrected chi connectivity index (χ4v) is 4.38. The predicted molar refractivity (Wildman–Crippen MR) is 132 cm³/mol. The molecule has 2 rings (SSSR count). The van der Waals surface area contributed by atoms with Gasteiger partial charge < -0.3 is 4.74 Å². The van der Waals surface area contributed by atoms with E-state index < -0.39 is 15.4 Å². The highest BCUT2D eigenvalue weighted by Gasteiger charge is 2.26. The van der Waals surface area contributed by atoms with Crippen molar-refractivity contribution in [3.63, 3.8) is 0 Å². The standard InChI is InChI=1S/C24H31Cl2NO4S/c1-5-6-14-31-23-20(25)15-19(16-21(23)26)24(2,3)18-11-9-17(10-12-18)22(28)8-7-13-27-32(4,29)30/h9-12,15-16,27H,5-8,13-14H2,1-4H3. The van der Waals surface area contributed by atoms with Crippen molar-refractivity contribution in [1.29, 1.82) is 0 Å². The number of unbranched alkanes of at least 4 members (excludes halogenated alkanes) is 1. The van der Waals surface area contributed by atoms with Gasteiger partial charge in [0.25, 0.3) is 0 Å². The number of halogens is 2. The Balaban J connectivity index is 2.11. The molecular weight excluding hydrogens is 469 g/mol. The van der Waals surface area contributed by atoms with Crippen LogP contribution in [0.15, 0.2) is 36.4 Å². The Kier molecular flexibility index (Phi) is 9.58. The molecule has 0 spiro atoms. The molecule has 0 aliphatic carbocycles. The van der Waals surface area contributed by atoms with Gasteiger partial charge in [-0.1, -0.05) is 74.7 Å². The van der Waals surface area contributed by atoms with Crippen LogP contribution >= 0.6 is 23.2 Å². The summed E-state index contributed by atoms with van der Waals surface area (Å²) in [7, 11) is -3.24. The molecule has 0 fully saturated rings. The summed E-state index contributed by atoms with van der Waals surface area (Å²) in [4.78, 5) is 12.4. The van der Waals surface area contributed by atoms with Crippen molar-refractivity contribution in [2.75, 3.05) is 19.4 Å². The third-order valence-corrected chi connectivity index (χ3v) is 6.63. The van der Waals surface area contributed by atoms with Gasteiger partial charge in [-0.25, -0.2) is 13.1 Å². The summed E-state index contributed by atoms with van der Waals surface area (Å²) in [6, 6.07) is 11.2. The van der Waals surface area contributed by atoms with Crippen LogP contribution in [0.2, 0.25) is 10.0 Å². The number of ketones is 1. The van der Waals surface area contributed by atoms with Gasteiger partial charge in [0.1, 0.15) is 0 Å². The average molecular weight is 500 g/mol. The Morgan fingerprint density at radius 2 is 1.62 bits per heavy atom. The quantitative estimate of drug-likeness (QED) is 0.286. The van der Waals surface area contributed by atoms with Gasteiger partial charge in [-0.2, -0.15) is 0 Å². The van der Waals surface area contributed by atoms with Crippen LogP contribution in [-0.2, 0) is 15.4 Å². The minimum atomic E-state index is -3.24. The molecule has 176 valence electrons. The number of hydrogen-bond donors (Lipinski definition) is 1. The first-order chi connectivity index (χ1) is 15.0. The van der Waals surface area contributed by atoms with E-state index in [9.17, 15) is 13.2 Å².